The zero-order chi connectivity index (χ0) is 16.8. The summed E-state index contributed by atoms with van der Waals surface area (Å²) in [5, 5.41) is 13.2. The Bertz CT molecular complexity index is 736. The van der Waals surface area contributed by atoms with Crippen molar-refractivity contribution in [1.29, 1.82) is 0 Å². The molecule has 0 fully saturated rings. The van der Waals surface area contributed by atoms with Crippen molar-refractivity contribution in [2.24, 2.45) is 5.73 Å². The average Bonchev–Trinajstić information content (AvgIpc) is 2.55. The van der Waals surface area contributed by atoms with E-state index >= 15 is 0 Å². The van der Waals surface area contributed by atoms with Crippen LogP contribution in [-0.2, 0) is 6.42 Å². The number of rotatable bonds is 6. The molecule has 8 heteroatoms. The van der Waals surface area contributed by atoms with Crippen LogP contribution in [0.25, 0.3) is 0 Å². The van der Waals surface area contributed by atoms with Crippen molar-refractivity contribution in [1.82, 2.24) is 15.5 Å². The van der Waals surface area contributed by atoms with Crippen LogP contribution in [0.3, 0.4) is 0 Å². The van der Waals surface area contributed by atoms with Crippen LogP contribution in [0.2, 0.25) is 5.15 Å². The normalized spacial score (nSPS) is 10.2. The highest BCUT2D eigenvalue weighted by Crippen LogP contribution is 2.15. The lowest BCUT2D eigenvalue weighted by Crippen LogP contribution is -2.18. The number of benzene rings is 1. The zero-order valence-electron chi connectivity index (χ0n) is 12.5. The van der Waals surface area contributed by atoms with Gasteiger partial charge in [0.25, 0.3) is 11.8 Å². The molecule has 2 aromatic rings. The van der Waals surface area contributed by atoms with Gasteiger partial charge in [-0.1, -0.05) is 23.7 Å². The Balaban J connectivity index is 2.03. The average molecular weight is 334 g/mol. The third-order valence-corrected chi connectivity index (χ3v) is 3.34. The lowest BCUT2D eigenvalue weighted by Gasteiger charge is -2.09. The number of primary amides is 1. The number of halogens is 1. The molecule has 0 spiro atoms. The summed E-state index contributed by atoms with van der Waals surface area (Å²) in [6.45, 7) is 0.494. The monoisotopic (exact) mass is 333 g/mol. The Hall–Kier alpha value is -2.67. The predicted octanol–water partition coefficient (Wildman–Crippen LogP) is 1.24. The number of anilines is 1. The van der Waals surface area contributed by atoms with Gasteiger partial charge in [0.15, 0.2) is 11.0 Å². The molecular weight excluding hydrogens is 318 g/mol. The molecule has 0 aliphatic rings. The van der Waals surface area contributed by atoms with E-state index in [1.54, 1.807) is 13.1 Å². The number of hydrogen-bond acceptors (Lipinski definition) is 5. The fraction of sp³-hybridized carbons (Fsp3) is 0.200. The van der Waals surface area contributed by atoms with E-state index in [4.69, 9.17) is 17.3 Å². The number of carbonyl (C=O) groups excluding carboxylic acids is 2. The Morgan fingerprint density at radius 3 is 2.74 bits per heavy atom. The first kappa shape index (κ1) is 16.7. The van der Waals surface area contributed by atoms with Crippen molar-refractivity contribution < 1.29 is 9.59 Å². The maximum atomic E-state index is 11.6. The molecular formula is C15H16ClN5O2. The molecule has 0 aliphatic heterocycles. The van der Waals surface area contributed by atoms with E-state index in [0.29, 0.717) is 18.5 Å². The molecule has 1 aromatic heterocycles. The second kappa shape index (κ2) is 7.55. The van der Waals surface area contributed by atoms with Crippen molar-refractivity contribution in [2.75, 3.05) is 18.9 Å². The minimum Gasteiger partial charge on any atom is -0.368 e. The van der Waals surface area contributed by atoms with Gasteiger partial charge in [-0.15, -0.1) is 10.2 Å². The topological polar surface area (TPSA) is 110 Å². The Morgan fingerprint density at radius 1 is 1.26 bits per heavy atom. The summed E-state index contributed by atoms with van der Waals surface area (Å²) in [6, 6.07) is 8.65. The summed E-state index contributed by atoms with van der Waals surface area (Å²) in [4.78, 5) is 23.0. The van der Waals surface area contributed by atoms with Gasteiger partial charge in [-0.2, -0.15) is 0 Å². The largest absolute Gasteiger partial charge is 0.368 e. The Labute approximate surface area is 138 Å². The van der Waals surface area contributed by atoms with Gasteiger partial charge in [0, 0.05) is 19.2 Å². The number of nitrogens with zero attached hydrogens (tertiary/aromatic N) is 2. The molecule has 7 nitrogen and oxygen atoms in total. The summed E-state index contributed by atoms with van der Waals surface area (Å²) in [7, 11) is 1.58. The van der Waals surface area contributed by atoms with E-state index in [1.807, 2.05) is 18.2 Å². The van der Waals surface area contributed by atoms with Crippen LogP contribution in [0.15, 0.2) is 30.3 Å². The van der Waals surface area contributed by atoms with Gasteiger partial charge >= 0.3 is 0 Å². The zero-order valence-corrected chi connectivity index (χ0v) is 13.2. The van der Waals surface area contributed by atoms with Crippen LogP contribution in [0, 0.1) is 0 Å². The summed E-state index contributed by atoms with van der Waals surface area (Å²) in [5.74, 6) is -0.491. The maximum Gasteiger partial charge on any atom is 0.252 e. The van der Waals surface area contributed by atoms with Crippen molar-refractivity contribution in [3.63, 3.8) is 0 Å². The van der Waals surface area contributed by atoms with Gasteiger partial charge in [-0.05, 0) is 30.2 Å². The lowest BCUT2D eigenvalue weighted by molar-refractivity contribution is 0.0961. The number of nitrogens with one attached hydrogen (secondary N) is 2. The fourth-order valence-corrected chi connectivity index (χ4v) is 2.17. The SMILES string of the molecule is CNC(=O)c1cccc(CCNc2nnc(Cl)cc2C(N)=O)c1. The molecule has 120 valence electrons. The molecule has 23 heavy (non-hydrogen) atoms. The van der Waals surface area contributed by atoms with Crippen molar-refractivity contribution in [3.05, 3.63) is 52.2 Å². The maximum absolute atomic E-state index is 11.6. The molecule has 0 aliphatic carbocycles. The Kier molecular flexibility index (Phi) is 5.48. The third kappa shape index (κ3) is 4.40. The molecule has 2 rings (SSSR count). The Morgan fingerprint density at radius 2 is 2.04 bits per heavy atom. The molecule has 1 heterocycles. The van der Waals surface area contributed by atoms with E-state index in [1.165, 1.54) is 6.07 Å². The van der Waals surface area contributed by atoms with E-state index in [0.717, 1.165) is 5.56 Å². The van der Waals surface area contributed by atoms with Crippen molar-refractivity contribution in [2.45, 2.75) is 6.42 Å². The highest BCUT2D eigenvalue weighted by Gasteiger charge is 2.11. The molecule has 0 radical (unpaired) electrons. The van der Waals surface area contributed by atoms with Crippen LogP contribution in [0.4, 0.5) is 5.82 Å². The molecule has 4 N–H and O–H groups in total. The van der Waals surface area contributed by atoms with Gasteiger partial charge < -0.3 is 16.4 Å². The van der Waals surface area contributed by atoms with E-state index in [9.17, 15) is 9.59 Å². The number of hydrogen-bond donors (Lipinski definition) is 3. The number of aromatic nitrogens is 2. The van der Waals surface area contributed by atoms with Crippen LogP contribution in [0.1, 0.15) is 26.3 Å². The molecule has 0 unspecified atom stereocenters. The number of amides is 2. The molecule has 2 amide bonds. The standard InChI is InChI=1S/C15H16ClN5O2/c1-18-15(23)10-4-2-3-9(7-10)5-6-19-14-11(13(17)22)8-12(16)20-21-14/h2-4,7-8H,5-6H2,1H3,(H2,17,22)(H,18,23)(H,19,21). The first-order valence-electron chi connectivity index (χ1n) is 6.89. The number of nitrogens with two attached hydrogens (primary N) is 1. The summed E-state index contributed by atoms with van der Waals surface area (Å²) >= 11 is 5.70. The first-order chi connectivity index (χ1) is 11.0. The molecule has 0 atom stereocenters. The summed E-state index contributed by atoms with van der Waals surface area (Å²) in [5.41, 5.74) is 7.03. The molecule has 0 saturated heterocycles. The van der Waals surface area contributed by atoms with E-state index in [2.05, 4.69) is 20.8 Å². The van der Waals surface area contributed by atoms with Gasteiger partial charge in [0.05, 0.1) is 5.56 Å². The van der Waals surface area contributed by atoms with E-state index in [-0.39, 0.29) is 22.4 Å². The molecule has 0 saturated carbocycles. The van der Waals surface area contributed by atoms with Gasteiger partial charge in [0.1, 0.15) is 0 Å². The quantitative estimate of drug-likeness (QED) is 0.736. The predicted molar refractivity (Wildman–Crippen MR) is 87.6 cm³/mol. The highest BCUT2D eigenvalue weighted by molar-refractivity contribution is 6.29. The highest BCUT2D eigenvalue weighted by atomic mass is 35.5. The smallest absolute Gasteiger partial charge is 0.252 e. The second-order valence-electron chi connectivity index (χ2n) is 4.75. The van der Waals surface area contributed by atoms with Crippen LogP contribution >= 0.6 is 11.6 Å². The van der Waals surface area contributed by atoms with Crippen molar-refractivity contribution >= 4 is 29.2 Å². The third-order valence-electron chi connectivity index (χ3n) is 3.15. The molecule has 0 bridgehead atoms. The first-order valence-corrected chi connectivity index (χ1v) is 7.27. The molecule has 1 aromatic carbocycles. The summed E-state index contributed by atoms with van der Waals surface area (Å²) < 4.78 is 0. The van der Waals surface area contributed by atoms with Gasteiger partial charge in [0.2, 0.25) is 0 Å². The summed E-state index contributed by atoms with van der Waals surface area (Å²) in [6.07, 6.45) is 0.632. The van der Waals surface area contributed by atoms with Gasteiger partial charge in [-0.3, -0.25) is 9.59 Å². The van der Waals surface area contributed by atoms with Crippen molar-refractivity contribution in [3.8, 4) is 0 Å². The second-order valence-corrected chi connectivity index (χ2v) is 5.14. The van der Waals surface area contributed by atoms with Crippen LogP contribution in [0.5, 0.6) is 0 Å². The van der Waals surface area contributed by atoms with Crippen LogP contribution < -0.4 is 16.4 Å². The number of carbonyl (C=O) groups is 2. The van der Waals surface area contributed by atoms with Crippen LogP contribution in [-0.4, -0.2) is 35.6 Å². The lowest BCUT2D eigenvalue weighted by atomic mass is 10.1. The minimum absolute atomic E-state index is 0.0997. The van der Waals surface area contributed by atoms with Gasteiger partial charge in [-0.25, -0.2) is 0 Å². The fourth-order valence-electron chi connectivity index (χ4n) is 2.02. The minimum atomic E-state index is -0.633. The van der Waals surface area contributed by atoms with E-state index < -0.39 is 5.91 Å².